The van der Waals surface area contributed by atoms with Crippen molar-refractivity contribution in [3.8, 4) is 0 Å². The highest BCUT2D eigenvalue weighted by Gasteiger charge is 2.53. The Kier molecular flexibility index (Phi) is 16.6. The molecule has 0 aromatic heterocycles. The fourth-order valence-corrected chi connectivity index (χ4v) is 6.34. The molecule has 7 atom stereocenters. The molecule has 1 aliphatic carbocycles. The van der Waals surface area contributed by atoms with Crippen LogP contribution < -0.4 is 16.0 Å². The summed E-state index contributed by atoms with van der Waals surface area (Å²) in [6, 6.07) is 27.1. The third-order valence-corrected chi connectivity index (χ3v) is 8.58. The number of benzene rings is 3. The second-order valence-electron chi connectivity index (χ2n) is 15.5. The molecule has 0 saturated heterocycles. The van der Waals surface area contributed by atoms with Crippen LogP contribution in [0.3, 0.4) is 0 Å². The summed E-state index contributed by atoms with van der Waals surface area (Å²) in [4.78, 5) is 26.4. The number of hydrogen-bond donors (Lipinski definition) is 5. The van der Waals surface area contributed by atoms with Crippen molar-refractivity contribution in [3.63, 3.8) is 0 Å². The average Bonchev–Trinajstić information content (AvgIpc) is 3.13. The molecule has 0 spiro atoms. The molecule has 12 heteroatoms. The largest absolute Gasteiger partial charge is 0.459 e. The number of aliphatic hydroxyl groups excluding tert-OH is 2. The summed E-state index contributed by atoms with van der Waals surface area (Å²) < 4.78 is 31.8. The highest BCUT2D eigenvalue weighted by atomic mass is 16.6. The molecule has 3 aromatic rings. The molecule has 0 radical (unpaired) electrons. The van der Waals surface area contributed by atoms with Gasteiger partial charge in [0, 0.05) is 6.54 Å². The second-order valence-corrected chi connectivity index (χ2v) is 15.5. The molecular formula is C42H59N3O9. The number of aliphatic hydroxyl groups is 2. The van der Waals surface area contributed by atoms with Gasteiger partial charge in [-0.2, -0.15) is 0 Å². The molecule has 296 valence electrons. The van der Waals surface area contributed by atoms with Crippen LogP contribution in [0.15, 0.2) is 91.0 Å². The minimum Gasteiger partial charge on any atom is -0.459 e. The third-order valence-electron chi connectivity index (χ3n) is 8.58. The minimum atomic E-state index is -1.08. The first-order valence-corrected chi connectivity index (χ1v) is 18.6. The Labute approximate surface area is 319 Å². The van der Waals surface area contributed by atoms with Crippen LogP contribution >= 0.6 is 0 Å². The molecule has 12 nitrogen and oxygen atoms in total. The Morgan fingerprint density at radius 2 is 0.889 bits per heavy atom. The average molecular weight is 750 g/mol. The van der Waals surface area contributed by atoms with E-state index in [1.807, 2.05) is 91.0 Å². The van der Waals surface area contributed by atoms with Gasteiger partial charge in [-0.25, -0.2) is 0 Å². The van der Waals surface area contributed by atoms with Gasteiger partial charge >= 0.3 is 11.9 Å². The smallest absolute Gasteiger partial charge is 0.320 e. The van der Waals surface area contributed by atoms with Gasteiger partial charge in [0.2, 0.25) is 0 Å². The van der Waals surface area contributed by atoms with E-state index < -0.39 is 72.3 Å². The number of hydrogen-bond acceptors (Lipinski definition) is 12. The number of rotatable bonds is 19. The first-order chi connectivity index (χ1) is 25.7. The minimum absolute atomic E-state index is 0.00463. The Bertz CT molecular complexity index is 1450. The molecule has 0 heterocycles. The van der Waals surface area contributed by atoms with E-state index in [4.69, 9.17) is 23.7 Å². The molecule has 4 rings (SSSR count). The first-order valence-electron chi connectivity index (χ1n) is 18.6. The monoisotopic (exact) mass is 749 g/mol. The van der Waals surface area contributed by atoms with E-state index in [-0.39, 0.29) is 39.5 Å². The van der Waals surface area contributed by atoms with E-state index in [1.54, 1.807) is 41.5 Å². The van der Waals surface area contributed by atoms with Crippen LogP contribution in [0.25, 0.3) is 0 Å². The Hall–Kier alpha value is -3.72. The van der Waals surface area contributed by atoms with Crippen molar-refractivity contribution in [2.75, 3.05) is 26.2 Å². The standard InChI is InChI=1S/C42H59N3O9/c1-41(2,3)53-33(48)23-44-36-38(50-26-29-16-10-7-11-17-29)35(43-22-32(47)25-46)39(51-27-30-18-12-8-13-19-30)37(45-24-34(49)54-42(4,5)6)40(36)52-28-31-20-14-9-15-21-31/h7-21,32,35-40,43-47H,22-28H2,1-6H3/t32?,35-,36+,37-,38+,39-,40+. The summed E-state index contributed by atoms with van der Waals surface area (Å²) in [6.45, 7) is 10.7. The van der Waals surface area contributed by atoms with Gasteiger partial charge in [-0.15, -0.1) is 0 Å². The zero-order chi connectivity index (χ0) is 39.1. The molecule has 5 N–H and O–H groups in total. The maximum absolute atomic E-state index is 13.2. The molecule has 0 bridgehead atoms. The fraction of sp³-hybridized carbons (Fsp3) is 0.524. The van der Waals surface area contributed by atoms with Crippen LogP contribution in [0.5, 0.6) is 0 Å². The number of nitrogens with one attached hydrogen (secondary N) is 3. The molecule has 54 heavy (non-hydrogen) atoms. The molecule has 1 unspecified atom stereocenters. The number of esters is 2. The highest BCUT2D eigenvalue weighted by molar-refractivity contribution is 5.72. The topological polar surface area (TPSA) is 157 Å². The van der Waals surface area contributed by atoms with Gasteiger partial charge in [-0.05, 0) is 58.2 Å². The van der Waals surface area contributed by atoms with Crippen molar-refractivity contribution in [1.29, 1.82) is 0 Å². The number of carbonyl (C=O) groups excluding carboxylic acids is 2. The van der Waals surface area contributed by atoms with Gasteiger partial charge in [0.15, 0.2) is 0 Å². The summed E-state index contributed by atoms with van der Waals surface area (Å²) in [5.41, 5.74) is 1.34. The zero-order valence-corrected chi connectivity index (χ0v) is 32.4. The third kappa shape index (κ3) is 14.5. The summed E-state index contributed by atoms with van der Waals surface area (Å²) >= 11 is 0. The SMILES string of the molecule is CC(C)(C)OC(=O)CN[C@@H]1[C@H](OCc2ccccc2)[C@H](NCC(=O)OC(C)(C)C)[C@H](OCc2ccccc2)[C@H](NCC(O)CO)[C@@H]1OCc1ccccc1. The van der Waals surface area contributed by atoms with E-state index in [0.29, 0.717) is 0 Å². The van der Waals surface area contributed by atoms with Gasteiger partial charge in [0.05, 0.1) is 82.1 Å². The highest BCUT2D eigenvalue weighted by Crippen LogP contribution is 2.31. The van der Waals surface area contributed by atoms with Crippen LogP contribution in [0.4, 0.5) is 0 Å². The predicted octanol–water partition coefficient (Wildman–Crippen LogP) is 3.67. The molecule has 0 aliphatic heterocycles. The molecule has 1 saturated carbocycles. The lowest BCUT2D eigenvalue weighted by Crippen LogP contribution is -2.75. The number of ether oxygens (including phenoxy) is 5. The van der Waals surface area contributed by atoms with Crippen molar-refractivity contribution >= 4 is 11.9 Å². The van der Waals surface area contributed by atoms with Crippen LogP contribution in [0, 0.1) is 0 Å². The van der Waals surface area contributed by atoms with E-state index in [9.17, 15) is 19.8 Å². The number of carbonyl (C=O) groups is 2. The Balaban J connectivity index is 1.82. The summed E-state index contributed by atoms with van der Waals surface area (Å²) in [7, 11) is 0. The fourth-order valence-electron chi connectivity index (χ4n) is 6.34. The van der Waals surface area contributed by atoms with E-state index in [0.717, 1.165) is 16.7 Å². The summed E-state index contributed by atoms with van der Waals surface area (Å²) in [5, 5.41) is 30.6. The summed E-state index contributed by atoms with van der Waals surface area (Å²) in [6.07, 6.45) is -3.31. The van der Waals surface area contributed by atoms with Crippen molar-refractivity contribution in [2.24, 2.45) is 0 Å². The lowest BCUT2D eigenvalue weighted by Gasteiger charge is -2.51. The quantitative estimate of drug-likeness (QED) is 0.114. The molecular weight excluding hydrogens is 690 g/mol. The Morgan fingerprint density at radius 3 is 1.19 bits per heavy atom. The molecule has 1 aliphatic rings. The van der Waals surface area contributed by atoms with Gasteiger partial charge in [-0.3, -0.25) is 20.2 Å². The normalized spacial score (nSPS) is 22.4. The lowest BCUT2D eigenvalue weighted by molar-refractivity contribution is -0.170. The maximum Gasteiger partial charge on any atom is 0.320 e. The molecule has 1 fully saturated rings. The van der Waals surface area contributed by atoms with E-state index >= 15 is 0 Å². The van der Waals surface area contributed by atoms with E-state index in [1.165, 1.54) is 0 Å². The predicted molar refractivity (Wildman–Crippen MR) is 205 cm³/mol. The van der Waals surface area contributed by atoms with Crippen LogP contribution in [-0.2, 0) is 53.1 Å². The van der Waals surface area contributed by atoms with Crippen LogP contribution in [0.1, 0.15) is 58.2 Å². The van der Waals surface area contributed by atoms with Crippen LogP contribution in [-0.4, -0.2) is 102 Å². The first kappa shape index (κ1) is 43.0. The van der Waals surface area contributed by atoms with Gasteiger partial charge in [0.25, 0.3) is 0 Å². The van der Waals surface area contributed by atoms with Crippen molar-refractivity contribution in [1.82, 2.24) is 16.0 Å². The molecule has 0 amide bonds. The lowest BCUT2D eigenvalue weighted by atomic mass is 9.78. The van der Waals surface area contributed by atoms with Crippen molar-refractivity contribution in [2.45, 2.75) is 115 Å². The maximum atomic E-state index is 13.2. The van der Waals surface area contributed by atoms with Gasteiger partial charge in [-0.1, -0.05) is 91.0 Å². The van der Waals surface area contributed by atoms with Crippen molar-refractivity contribution in [3.05, 3.63) is 108 Å². The summed E-state index contributed by atoms with van der Waals surface area (Å²) in [5.74, 6) is -0.931. The van der Waals surface area contributed by atoms with Crippen LogP contribution in [0.2, 0.25) is 0 Å². The zero-order valence-electron chi connectivity index (χ0n) is 32.4. The van der Waals surface area contributed by atoms with Gasteiger partial charge in [0.1, 0.15) is 11.2 Å². The second kappa shape index (κ2) is 20.8. The van der Waals surface area contributed by atoms with Gasteiger partial charge < -0.3 is 39.2 Å². The Morgan fingerprint density at radius 1 is 0.574 bits per heavy atom. The van der Waals surface area contributed by atoms with E-state index in [2.05, 4.69) is 16.0 Å². The van der Waals surface area contributed by atoms with Crippen molar-refractivity contribution < 1.29 is 43.5 Å². The molecule has 3 aromatic carbocycles.